The number of nitrogens with one attached hydrogen (secondary N) is 2. The van der Waals surface area contributed by atoms with Gasteiger partial charge in [0.25, 0.3) is 5.91 Å². The number of benzene rings is 2. The van der Waals surface area contributed by atoms with Gasteiger partial charge in [-0.15, -0.1) is 11.3 Å². The normalized spacial score (nSPS) is 19.7. The van der Waals surface area contributed by atoms with Crippen LogP contribution in [0.4, 0.5) is 4.79 Å². The maximum Gasteiger partial charge on any atom is 0.324 e. The van der Waals surface area contributed by atoms with Crippen molar-refractivity contribution in [3.8, 4) is 22.5 Å². The van der Waals surface area contributed by atoms with E-state index in [1.165, 1.54) is 21.2 Å². The fraction of sp³-hybridized carbons (Fsp3) is 0.490. The van der Waals surface area contributed by atoms with Crippen LogP contribution in [0.25, 0.3) is 33.4 Å². The second-order valence-electron chi connectivity index (χ2n) is 19.1. The lowest BCUT2D eigenvalue weighted by atomic mass is 9.84. The van der Waals surface area contributed by atoms with E-state index in [1.807, 2.05) is 62.5 Å². The summed E-state index contributed by atoms with van der Waals surface area (Å²) < 4.78 is 20.3. The highest BCUT2D eigenvalue weighted by atomic mass is 32.1. The largest absolute Gasteiger partial charge is 0.464 e. The number of rotatable bonds is 9. The number of aryl methyl sites for hydroxylation is 1. The second kappa shape index (κ2) is 27.0. The topological polar surface area (TPSA) is 160 Å². The minimum absolute atomic E-state index is 0. The highest BCUT2D eigenvalue weighted by Gasteiger charge is 2.39. The van der Waals surface area contributed by atoms with Crippen LogP contribution < -0.4 is 10.7 Å². The van der Waals surface area contributed by atoms with E-state index < -0.39 is 41.3 Å². The number of hydrogen-bond donors (Lipinski definition) is 2. The third-order valence-electron chi connectivity index (χ3n) is 13.3. The van der Waals surface area contributed by atoms with Crippen LogP contribution in [0, 0.1) is 11.3 Å². The van der Waals surface area contributed by atoms with Crippen molar-refractivity contribution in [2.45, 2.75) is 104 Å². The van der Waals surface area contributed by atoms with E-state index in [1.54, 1.807) is 25.3 Å². The predicted molar refractivity (Wildman–Crippen MR) is 310 cm³/mol. The lowest BCUT2D eigenvalue weighted by Gasteiger charge is -2.39. The van der Waals surface area contributed by atoms with Crippen LogP contribution in [0.5, 0.6) is 0 Å². The molecule has 0 saturated carbocycles. The van der Waals surface area contributed by atoms with Gasteiger partial charge in [-0.25, -0.2) is 15.2 Å². The number of carbonyl (C=O) groups is 4. The molecule has 0 spiro atoms. The van der Waals surface area contributed by atoms with Crippen LogP contribution >= 0.6 is 78.8 Å². The molecule has 0 aliphatic carbocycles. The van der Waals surface area contributed by atoms with E-state index in [4.69, 9.17) is 24.2 Å². The molecule has 6 heterocycles. The molecule has 21 heteroatoms. The molecular weight excluding hydrogens is 1030 g/mol. The number of aromatic nitrogens is 3. The maximum atomic E-state index is 14.7. The molecule has 2 fully saturated rings. The van der Waals surface area contributed by atoms with Crippen molar-refractivity contribution in [1.82, 2.24) is 40.1 Å². The number of thiazole rings is 1. The molecule has 5 aromatic rings. The van der Waals surface area contributed by atoms with E-state index in [2.05, 4.69) is 60.3 Å². The molecule has 6 bridgehead atoms. The standard InChI is InChI=1S/C51H64N8O7S.5H2S/c1-9-58-41-20-19-34-25-36(41)37(46(58)35-17-13-21-52-44(35)32(4)64-8)27-51(5,6)30-66-49(62)38-18-14-22-59(55-38)48(61)39(26-43-53-40(34)29-67-43)54-47(60)45(31(2)3)56(7)50(63)57-23-24-65-42(28-57)33-15-11-10-12-16-33;;;;;/h10-13,15-17,19-21,25,29,31-32,38-39,42,45,55H,9,14,18,22-24,26-28,30H2,1-8H3,(H,54,60);5*1H2/t32-,38-,39-,42+,45-;;;;;/m0...../s1. The number of ether oxygens (including phenoxy) is 3. The third kappa shape index (κ3) is 13.5. The number of morpholine rings is 1. The average molecular weight is 1100 g/mol. The van der Waals surface area contributed by atoms with Crippen molar-refractivity contribution >= 4 is 114 Å². The van der Waals surface area contributed by atoms with Crippen molar-refractivity contribution in [3.05, 3.63) is 94.1 Å². The molecule has 15 nitrogen and oxygen atoms in total. The number of carbonyl (C=O) groups excluding carboxylic acids is 4. The van der Waals surface area contributed by atoms with Crippen LogP contribution in [0.2, 0.25) is 0 Å². The maximum absolute atomic E-state index is 14.7. The van der Waals surface area contributed by atoms with E-state index in [0.717, 1.165) is 50.2 Å². The highest BCUT2D eigenvalue weighted by Crippen LogP contribution is 2.42. The van der Waals surface area contributed by atoms with Crippen LogP contribution in [0.1, 0.15) is 88.4 Å². The zero-order valence-electron chi connectivity index (χ0n) is 42.4. The molecule has 2 saturated heterocycles. The van der Waals surface area contributed by atoms with Gasteiger partial charge >= 0.3 is 12.0 Å². The zero-order chi connectivity index (χ0) is 47.6. The van der Waals surface area contributed by atoms with Gasteiger partial charge in [0.1, 0.15) is 24.2 Å². The van der Waals surface area contributed by atoms with Crippen molar-refractivity contribution in [2.24, 2.45) is 11.3 Å². The SMILES string of the molecule is CCn1c(-c2cccnc2[C@H](C)OC)c2c3cc(ccc31)-c1csc(n1)C[C@H](NC(=O)[C@H](C(C)C)N(C)C(=O)N1CCO[C@@H](c3ccccc3)C1)C(=O)N1CCC[C@H](N1)C(=O)OCC(C)(C)C2.S.S.S.S.S. The van der Waals surface area contributed by atoms with Gasteiger partial charge in [0.2, 0.25) is 5.91 Å². The summed E-state index contributed by atoms with van der Waals surface area (Å²) in [5.74, 6) is -1.61. The monoisotopic (exact) mass is 1100 g/mol. The molecule has 5 atom stereocenters. The van der Waals surface area contributed by atoms with Crippen LogP contribution in [-0.4, -0.2) is 118 Å². The quantitative estimate of drug-likeness (QED) is 0.139. The molecule has 4 amide bonds. The van der Waals surface area contributed by atoms with Gasteiger partial charge in [-0.05, 0) is 74.4 Å². The number of methoxy groups -OCH3 is 1. The van der Waals surface area contributed by atoms with Crippen molar-refractivity contribution in [3.63, 3.8) is 0 Å². The van der Waals surface area contributed by atoms with Crippen LogP contribution in [0.3, 0.4) is 0 Å². The molecular formula is C51H74N8O7S6. The van der Waals surface area contributed by atoms with Gasteiger partial charge < -0.3 is 33.9 Å². The Labute approximate surface area is 463 Å². The van der Waals surface area contributed by atoms with E-state index in [0.29, 0.717) is 57.1 Å². The smallest absolute Gasteiger partial charge is 0.324 e. The van der Waals surface area contributed by atoms with Gasteiger partial charge in [-0.3, -0.25) is 24.4 Å². The molecule has 3 aliphatic rings. The molecule has 3 aromatic heterocycles. The Morgan fingerprint density at radius 3 is 2.44 bits per heavy atom. The first-order chi connectivity index (χ1) is 32.2. The lowest BCUT2D eigenvalue weighted by molar-refractivity contribution is -0.155. The van der Waals surface area contributed by atoms with E-state index in [9.17, 15) is 19.2 Å². The summed E-state index contributed by atoms with van der Waals surface area (Å²) in [4.78, 5) is 70.5. The first kappa shape index (κ1) is 62.4. The Hall–Kier alpha value is -3.93. The fourth-order valence-corrected chi connectivity index (χ4v) is 10.6. The molecule has 8 rings (SSSR count). The Balaban J connectivity index is 0.00000274. The predicted octanol–water partition coefficient (Wildman–Crippen LogP) is 7.92. The third-order valence-corrected chi connectivity index (χ3v) is 14.2. The Kier molecular flexibility index (Phi) is 23.4. The van der Waals surface area contributed by atoms with Crippen molar-refractivity contribution in [1.29, 1.82) is 0 Å². The number of urea groups is 1. The Morgan fingerprint density at radius 2 is 1.75 bits per heavy atom. The van der Waals surface area contributed by atoms with Gasteiger partial charge in [0.05, 0.1) is 48.0 Å². The summed E-state index contributed by atoms with van der Waals surface area (Å²) in [6.45, 7) is 14.4. The van der Waals surface area contributed by atoms with E-state index in [-0.39, 0.29) is 105 Å². The zero-order valence-corrected chi connectivity index (χ0v) is 48.2. The second-order valence-corrected chi connectivity index (χ2v) is 20.0. The molecule has 0 radical (unpaired) electrons. The van der Waals surface area contributed by atoms with Crippen LogP contribution in [0.15, 0.2) is 72.2 Å². The Morgan fingerprint density at radius 1 is 1.01 bits per heavy atom. The first-order valence-corrected chi connectivity index (χ1v) is 24.4. The van der Waals surface area contributed by atoms with Crippen molar-refractivity contribution < 1.29 is 33.4 Å². The molecule has 0 unspecified atom stereocenters. The van der Waals surface area contributed by atoms with Gasteiger partial charge in [0.15, 0.2) is 0 Å². The lowest BCUT2D eigenvalue weighted by Crippen LogP contribution is -2.62. The Bertz CT molecular complexity index is 2620. The number of likely N-dealkylation sites (N-methyl/N-ethyl adjacent to an activating group) is 1. The number of esters is 1. The number of fused-ring (bicyclic) bond motifs is 6. The molecule has 396 valence electrons. The number of hydrogen-bond acceptors (Lipinski definition) is 11. The minimum atomic E-state index is -1.07. The van der Waals surface area contributed by atoms with Gasteiger partial charge in [-0.2, -0.15) is 67.5 Å². The molecule has 2 aromatic carbocycles. The molecule has 3 aliphatic heterocycles. The van der Waals surface area contributed by atoms with Crippen LogP contribution in [-0.2, 0) is 48.0 Å². The first-order valence-electron chi connectivity index (χ1n) is 23.5. The summed E-state index contributed by atoms with van der Waals surface area (Å²) in [7, 11) is 3.33. The molecule has 2 N–H and O–H groups in total. The summed E-state index contributed by atoms with van der Waals surface area (Å²) in [5.41, 5.74) is 10.3. The van der Waals surface area contributed by atoms with Gasteiger partial charge in [0, 0.05) is 79.2 Å². The average Bonchev–Trinajstić information content (AvgIpc) is 3.93. The van der Waals surface area contributed by atoms with Crippen molar-refractivity contribution in [2.75, 3.05) is 47.0 Å². The number of pyridine rings is 1. The number of hydrazine groups is 1. The summed E-state index contributed by atoms with van der Waals surface area (Å²) in [6.07, 6.45) is 2.95. The fourth-order valence-electron chi connectivity index (χ4n) is 9.78. The number of nitrogens with zero attached hydrogens (tertiary/aromatic N) is 6. The van der Waals surface area contributed by atoms with Gasteiger partial charge in [-0.1, -0.05) is 64.1 Å². The summed E-state index contributed by atoms with van der Waals surface area (Å²) in [6, 6.07) is 17.2. The summed E-state index contributed by atoms with van der Waals surface area (Å²) in [5, 5.41) is 8.19. The number of cyclic esters (lactones) is 1. The highest BCUT2D eigenvalue weighted by molar-refractivity contribution is 7.60. The number of amides is 4. The minimum Gasteiger partial charge on any atom is -0.464 e. The molecule has 72 heavy (non-hydrogen) atoms. The summed E-state index contributed by atoms with van der Waals surface area (Å²) >= 11 is 1.42. The van der Waals surface area contributed by atoms with E-state index >= 15 is 0 Å².